The summed E-state index contributed by atoms with van der Waals surface area (Å²) in [5.74, 6) is -0.263. The van der Waals surface area contributed by atoms with Gasteiger partial charge in [0.15, 0.2) is 0 Å². The number of carbonyl (C=O) groups is 1. The molecule has 0 spiro atoms. The molecule has 1 aromatic heterocycles. The number of pyridine rings is 1. The molecule has 1 aliphatic carbocycles. The first-order chi connectivity index (χ1) is 12.1. The Morgan fingerprint density at radius 3 is 2.60 bits per heavy atom. The van der Waals surface area contributed by atoms with Crippen molar-refractivity contribution in [3.8, 4) is 0 Å². The molecular weight excluding hydrogens is 357 g/mol. The van der Waals surface area contributed by atoms with Crippen LogP contribution in [0.25, 0.3) is 0 Å². The molecule has 0 unspecified atom stereocenters. The van der Waals surface area contributed by atoms with E-state index < -0.39 is 0 Å². The number of benzene rings is 1. The van der Waals surface area contributed by atoms with Gasteiger partial charge in [-0.1, -0.05) is 55.0 Å². The molecule has 0 bridgehead atoms. The van der Waals surface area contributed by atoms with Crippen LogP contribution in [0.2, 0.25) is 10.0 Å². The molecule has 0 saturated heterocycles. The summed E-state index contributed by atoms with van der Waals surface area (Å²) in [6.07, 6.45) is 10.7. The van der Waals surface area contributed by atoms with Crippen LogP contribution in [0.5, 0.6) is 0 Å². The average molecular weight is 378 g/mol. The van der Waals surface area contributed by atoms with Crippen LogP contribution in [0.15, 0.2) is 36.7 Å². The maximum atomic E-state index is 12.5. The van der Waals surface area contributed by atoms with Crippen LogP contribution in [0.1, 0.15) is 48.9 Å². The fourth-order valence-corrected chi connectivity index (χ4v) is 3.45. The highest BCUT2D eigenvalue weighted by Gasteiger charge is 2.14. The van der Waals surface area contributed by atoms with Gasteiger partial charge in [-0.25, -0.2) is 0 Å². The van der Waals surface area contributed by atoms with Gasteiger partial charge in [-0.05, 0) is 31.0 Å². The Morgan fingerprint density at radius 2 is 1.84 bits per heavy atom. The molecular formula is C19H21Cl2N3O. The van der Waals surface area contributed by atoms with E-state index in [9.17, 15) is 4.79 Å². The van der Waals surface area contributed by atoms with Crippen molar-refractivity contribution < 1.29 is 4.79 Å². The number of carbonyl (C=O) groups excluding carboxylic acids is 1. The molecule has 0 radical (unpaired) electrons. The second-order valence-corrected chi connectivity index (χ2v) is 7.14. The lowest BCUT2D eigenvalue weighted by Crippen LogP contribution is -2.19. The number of nitrogens with one attached hydrogen (secondary N) is 2. The van der Waals surface area contributed by atoms with Crippen molar-refractivity contribution in [1.82, 2.24) is 4.98 Å². The second kappa shape index (κ2) is 8.54. The summed E-state index contributed by atoms with van der Waals surface area (Å²) in [7, 11) is 0. The largest absolute Gasteiger partial charge is 0.381 e. The summed E-state index contributed by atoms with van der Waals surface area (Å²) in [6.45, 7) is 0. The summed E-state index contributed by atoms with van der Waals surface area (Å²) in [6, 6.07) is 7.41. The minimum absolute atomic E-state index is 0.263. The first kappa shape index (κ1) is 18.0. The highest BCUT2D eigenvalue weighted by molar-refractivity contribution is 6.44. The highest BCUT2D eigenvalue weighted by Crippen LogP contribution is 2.30. The van der Waals surface area contributed by atoms with Gasteiger partial charge in [0.1, 0.15) is 0 Å². The first-order valence-corrected chi connectivity index (χ1v) is 9.36. The van der Waals surface area contributed by atoms with Crippen molar-refractivity contribution >= 4 is 40.5 Å². The van der Waals surface area contributed by atoms with Crippen LogP contribution >= 0.6 is 23.2 Å². The summed E-state index contributed by atoms with van der Waals surface area (Å²) < 4.78 is 0. The Kier molecular flexibility index (Phi) is 6.16. The normalized spacial score (nSPS) is 15.4. The number of anilines is 2. The Bertz CT molecular complexity index is 743. The van der Waals surface area contributed by atoms with E-state index in [1.54, 1.807) is 30.6 Å². The molecule has 2 aromatic rings. The van der Waals surface area contributed by atoms with Crippen molar-refractivity contribution in [3.05, 3.63) is 52.3 Å². The fraction of sp³-hybridized carbons (Fsp3) is 0.368. The molecule has 6 heteroatoms. The molecule has 4 nitrogen and oxygen atoms in total. The van der Waals surface area contributed by atoms with E-state index in [2.05, 4.69) is 15.6 Å². The number of halogens is 2. The average Bonchev–Trinajstić information content (AvgIpc) is 2.88. The molecule has 1 amide bonds. The van der Waals surface area contributed by atoms with Crippen molar-refractivity contribution in [2.45, 2.75) is 44.6 Å². The van der Waals surface area contributed by atoms with Crippen molar-refractivity contribution in [3.63, 3.8) is 0 Å². The third kappa shape index (κ3) is 4.86. The minimum Gasteiger partial charge on any atom is -0.381 e. The van der Waals surface area contributed by atoms with Gasteiger partial charge in [-0.3, -0.25) is 9.78 Å². The van der Waals surface area contributed by atoms with E-state index in [-0.39, 0.29) is 5.91 Å². The zero-order chi connectivity index (χ0) is 17.6. The van der Waals surface area contributed by atoms with E-state index in [0.29, 0.717) is 27.3 Å². The fourth-order valence-electron chi connectivity index (χ4n) is 3.10. The van der Waals surface area contributed by atoms with Crippen LogP contribution < -0.4 is 10.6 Å². The second-order valence-electron chi connectivity index (χ2n) is 6.35. The predicted octanol–water partition coefficient (Wildman–Crippen LogP) is 5.78. The number of hydrogen-bond acceptors (Lipinski definition) is 3. The summed E-state index contributed by atoms with van der Waals surface area (Å²) in [4.78, 5) is 16.7. The Labute approximate surface area is 157 Å². The molecule has 1 heterocycles. The highest BCUT2D eigenvalue weighted by atomic mass is 35.5. The Hall–Kier alpha value is -1.78. The van der Waals surface area contributed by atoms with Crippen molar-refractivity contribution in [2.75, 3.05) is 10.6 Å². The predicted molar refractivity (Wildman–Crippen MR) is 104 cm³/mol. The minimum atomic E-state index is -0.263. The van der Waals surface area contributed by atoms with E-state index in [4.69, 9.17) is 23.2 Å². The lowest BCUT2D eigenvalue weighted by molar-refractivity contribution is 0.102. The monoisotopic (exact) mass is 377 g/mol. The third-order valence-electron chi connectivity index (χ3n) is 4.43. The molecule has 1 aliphatic rings. The standard InChI is InChI=1S/C19H21Cl2N3O/c20-16-8-5-9-17(18(16)21)24-19(25)13-10-15(12-22-11-13)23-14-6-3-1-2-4-7-14/h5,8-12,14,23H,1-4,6-7H2,(H,24,25). The van der Waals surface area contributed by atoms with Gasteiger partial charge in [0, 0.05) is 18.4 Å². The number of hydrogen-bond donors (Lipinski definition) is 2. The van der Waals surface area contributed by atoms with Crippen LogP contribution in [-0.4, -0.2) is 16.9 Å². The van der Waals surface area contributed by atoms with Crippen LogP contribution in [-0.2, 0) is 0 Å². The van der Waals surface area contributed by atoms with Gasteiger partial charge < -0.3 is 10.6 Å². The molecule has 0 aliphatic heterocycles. The SMILES string of the molecule is O=C(Nc1cccc(Cl)c1Cl)c1cncc(NC2CCCCCC2)c1. The third-order valence-corrected chi connectivity index (χ3v) is 5.25. The van der Waals surface area contributed by atoms with E-state index in [1.807, 2.05) is 6.07 Å². The lowest BCUT2D eigenvalue weighted by atomic mass is 10.1. The van der Waals surface area contributed by atoms with Gasteiger partial charge in [0.2, 0.25) is 0 Å². The molecule has 0 atom stereocenters. The molecule has 1 aromatic carbocycles. The molecule has 1 fully saturated rings. The van der Waals surface area contributed by atoms with Crippen LogP contribution in [0.4, 0.5) is 11.4 Å². The first-order valence-electron chi connectivity index (χ1n) is 8.60. The number of aromatic nitrogens is 1. The lowest BCUT2D eigenvalue weighted by Gasteiger charge is -2.17. The molecule has 2 N–H and O–H groups in total. The van der Waals surface area contributed by atoms with Gasteiger partial charge >= 0.3 is 0 Å². The number of nitrogens with zero attached hydrogens (tertiary/aromatic N) is 1. The Morgan fingerprint density at radius 1 is 1.08 bits per heavy atom. The molecule has 25 heavy (non-hydrogen) atoms. The molecule has 3 rings (SSSR count). The summed E-state index contributed by atoms with van der Waals surface area (Å²) >= 11 is 12.1. The van der Waals surface area contributed by atoms with Crippen molar-refractivity contribution in [2.24, 2.45) is 0 Å². The van der Waals surface area contributed by atoms with E-state index in [1.165, 1.54) is 25.7 Å². The quantitative estimate of drug-likeness (QED) is 0.664. The van der Waals surface area contributed by atoms with Gasteiger partial charge in [0.25, 0.3) is 5.91 Å². The summed E-state index contributed by atoms with van der Waals surface area (Å²) in [5.41, 5.74) is 1.84. The van der Waals surface area contributed by atoms with E-state index in [0.717, 1.165) is 18.5 Å². The van der Waals surface area contributed by atoms with Gasteiger partial charge in [-0.2, -0.15) is 0 Å². The molecule has 132 valence electrons. The smallest absolute Gasteiger partial charge is 0.257 e. The van der Waals surface area contributed by atoms with Crippen LogP contribution in [0, 0.1) is 0 Å². The summed E-state index contributed by atoms with van der Waals surface area (Å²) in [5, 5.41) is 7.03. The zero-order valence-electron chi connectivity index (χ0n) is 13.9. The maximum Gasteiger partial charge on any atom is 0.257 e. The Balaban J connectivity index is 1.69. The van der Waals surface area contributed by atoms with Crippen molar-refractivity contribution in [1.29, 1.82) is 0 Å². The van der Waals surface area contributed by atoms with Gasteiger partial charge in [-0.15, -0.1) is 0 Å². The topological polar surface area (TPSA) is 54.0 Å². The van der Waals surface area contributed by atoms with Gasteiger partial charge in [0.05, 0.1) is 27.0 Å². The number of rotatable bonds is 4. The van der Waals surface area contributed by atoms with Crippen LogP contribution in [0.3, 0.4) is 0 Å². The molecule has 1 saturated carbocycles. The number of amides is 1. The maximum absolute atomic E-state index is 12.5. The zero-order valence-corrected chi connectivity index (χ0v) is 15.4. The van der Waals surface area contributed by atoms with E-state index >= 15 is 0 Å².